The molecule has 4 aromatic heterocycles. The highest BCUT2D eigenvalue weighted by molar-refractivity contribution is 6.38. The minimum absolute atomic E-state index is 0. The first-order valence-corrected chi connectivity index (χ1v) is 19.5. The zero-order chi connectivity index (χ0) is 40.5. The van der Waals surface area contributed by atoms with Crippen LogP contribution in [0.15, 0.2) is 12.4 Å². The molecule has 0 radical (unpaired) electrons. The summed E-state index contributed by atoms with van der Waals surface area (Å²) in [5.74, 6) is -1.59. The second kappa shape index (κ2) is 24.3. The number of carboxylic acid groups (broad SMARTS) is 1. The monoisotopic (exact) mass is 804 g/mol. The molecule has 0 saturated carbocycles. The van der Waals surface area contributed by atoms with Crippen LogP contribution in [0.1, 0.15) is 114 Å². The van der Waals surface area contributed by atoms with Gasteiger partial charge in [-0.3, -0.25) is 4.79 Å². The van der Waals surface area contributed by atoms with Crippen LogP contribution in [0.3, 0.4) is 0 Å². The number of hydrogen-bond acceptors (Lipinski definition) is 13. The molecule has 312 valence electrons. The van der Waals surface area contributed by atoms with Gasteiger partial charge in [0.15, 0.2) is 11.3 Å². The Bertz CT molecular complexity index is 1850. The van der Waals surface area contributed by atoms with Crippen LogP contribution >= 0.6 is 11.6 Å². The Hall–Kier alpha value is -4.38. The molecule has 0 unspecified atom stereocenters. The summed E-state index contributed by atoms with van der Waals surface area (Å²) >= 11 is 6.33. The minimum atomic E-state index is -0.833. The predicted molar refractivity (Wildman–Crippen MR) is 218 cm³/mol. The van der Waals surface area contributed by atoms with E-state index in [1.165, 1.54) is 0 Å². The number of halogens is 1. The number of anilines is 1. The lowest BCUT2D eigenvalue weighted by atomic mass is 10.0. The van der Waals surface area contributed by atoms with Crippen LogP contribution in [0.5, 0.6) is 0 Å². The predicted octanol–water partition coefficient (Wildman–Crippen LogP) is 6.48. The highest BCUT2D eigenvalue weighted by atomic mass is 35.5. The lowest BCUT2D eigenvalue weighted by molar-refractivity contribution is -0.134. The van der Waals surface area contributed by atoms with Crippen molar-refractivity contribution in [2.75, 3.05) is 45.0 Å². The number of esters is 2. The lowest BCUT2D eigenvalue weighted by Gasteiger charge is -2.26. The molecule has 56 heavy (non-hydrogen) atoms. The maximum Gasteiger partial charge on any atom is 0.342 e. The molecule has 16 nitrogen and oxygen atoms in total. The summed E-state index contributed by atoms with van der Waals surface area (Å²) in [5.41, 5.74) is 10.2. The van der Waals surface area contributed by atoms with Gasteiger partial charge in [0.2, 0.25) is 0 Å². The Morgan fingerprint density at radius 1 is 0.804 bits per heavy atom. The third-order valence-corrected chi connectivity index (χ3v) is 9.11. The van der Waals surface area contributed by atoms with Crippen molar-refractivity contribution in [3.8, 4) is 0 Å². The lowest BCUT2D eigenvalue weighted by Crippen LogP contribution is -2.29. The molecule has 2 saturated heterocycles. The molecule has 2 aliphatic heterocycles. The summed E-state index contributed by atoms with van der Waals surface area (Å²) in [6.45, 7) is 17.9. The van der Waals surface area contributed by atoms with Gasteiger partial charge in [-0.25, -0.2) is 28.9 Å². The van der Waals surface area contributed by atoms with Gasteiger partial charge in [-0.1, -0.05) is 32.9 Å². The van der Waals surface area contributed by atoms with E-state index in [2.05, 4.69) is 20.5 Å². The van der Waals surface area contributed by atoms with Gasteiger partial charge < -0.3 is 35.1 Å². The summed E-state index contributed by atoms with van der Waals surface area (Å²) in [6, 6.07) is 0.677. The third-order valence-electron chi connectivity index (χ3n) is 8.72. The Kier molecular flexibility index (Phi) is 20.7. The van der Waals surface area contributed by atoms with Crippen LogP contribution in [0.4, 0.5) is 5.69 Å². The molecule has 4 aromatic rings. The van der Waals surface area contributed by atoms with Crippen molar-refractivity contribution in [2.45, 2.75) is 120 Å². The average Bonchev–Trinajstić information content (AvgIpc) is 3.79. The topological polar surface area (TPSA) is 208 Å². The van der Waals surface area contributed by atoms with E-state index < -0.39 is 11.9 Å². The molecule has 0 amide bonds. The number of aryl methyl sites for hydroxylation is 4. The summed E-state index contributed by atoms with van der Waals surface area (Å²) < 4.78 is 24.5. The fourth-order valence-electron chi connectivity index (χ4n) is 5.95. The molecule has 0 aromatic carbocycles. The number of pyridine rings is 2. The molecule has 0 spiro atoms. The van der Waals surface area contributed by atoms with Gasteiger partial charge in [-0.15, -0.1) is 0 Å². The third kappa shape index (κ3) is 12.8. The van der Waals surface area contributed by atoms with Crippen molar-refractivity contribution in [2.24, 2.45) is 5.73 Å². The number of rotatable bonds is 10. The van der Waals surface area contributed by atoms with E-state index in [9.17, 15) is 9.59 Å². The van der Waals surface area contributed by atoms with Crippen LogP contribution in [-0.2, 0) is 49.7 Å². The van der Waals surface area contributed by atoms with Gasteiger partial charge in [0, 0.05) is 58.5 Å². The number of fused-ring (bicyclic) bond motifs is 2. The van der Waals surface area contributed by atoms with Crippen molar-refractivity contribution >= 4 is 57.3 Å². The van der Waals surface area contributed by atoms with Gasteiger partial charge in [0.1, 0.15) is 11.1 Å². The fourth-order valence-corrected chi connectivity index (χ4v) is 6.27. The first kappa shape index (κ1) is 47.8. The number of nitrogens with one attached hydrogen (secondary N) is 1. The number of carbonyl (C=O) groups is 3. The first-order valence-electron chi connectivity index (χ1n) is 19.1. The molecule has 0 bridgehead atoms. The van der Waals surface area contributed by atoms with Gasteiger partial charge in [-0.05, 0) is 66.2 Å². The molecule has 4 N–H and O–H groups in total. The van der Waals surface area contributed by atoms with Crippen LogP contribution in [0.25, 0.3) is 22.1 Å². The Labute approximate surface area is 334 Å². The van der Waals surface area contributed by atoms with Crippen LogP contribution in [-0.4, -0.2) is 104 Å². The van der Waals surface area contributed by atoms with E-state index in [-0.39, 0.29) is 19.4 Å². The number of carbonyl (C=O) groups excluding carboxylic acids is 2. The number of aliphatic carboxylic acids is 1. The summed E-state index contributed by atoms with van der Waals surface area (Å²) in [5, 5.41) is 21.6. The van der Waals surface area contributed by atoms with Crippen LogP contribution in [0.2, 0.25) is 5.02 Å². The fraction of sp³-hybridized carbons (Fsp3) is 0.615. The van der Waals surface area contributed by atoms with Crippen molar-refractivity contribution in [1.29, 1.82) is 0 Å². The Morgan fingerprint density at radius 2 is 1.23 bits per heavy atom. The smallest absolute Gasteiger partial charge is 0.342 e. The maximum absolute atomic E-state index is 12.7. The number of aromatic nitrogens is 6. The Balaban J connectivity index is 0.000000306. The first-order chi connectivity index (χ1) is 26.4. The number of ether oxygens (including phenoxy) is 4. The second-order valence-electron chi connectivity index (χ2n) is 12.6. The highest BCUT2D eigenvalue weighted by Crippen LogP contribution is 2.32. The number of nitrogens with two attached hydrogens (primary N) is 1. The molecule has 17 heteroatoms. The molecular formula is C39H61ClN8O8. The molecule has 2 fully saturated rings. The van der Waals surface area contributed by atoms with E-state index in [0.29, 0.717) is 71.5 Å². The number of hydrogen-bond donors (Lipinski definition) is 3. The average molecular weight is 805 g/mol. The Morgan fingerprint density at radius 3 is 1.66 bits per heavy atom. The van der Waals surface area contributed by atoms with Gasteiger partial charge in [-0.2, -0.15) is 10.2 Å². The van der Waals surface area contributed by atoms with Crippen molar-refractivity contribution < 1.29 is 38.4 Å². The molecular weight excluding hydrogens is 744 g/mol. The molecule has 2 aliphatic rings. The van der Waals surface area contributed by atoms with E-state index in [4.69, 9.17) is 51.2 Å². The second-order valence-corrected chi connectivity index (χ2v) is 13.0. The molecule has 6 rings (SSSR count). The minimum Gasteiger partial charge on any atom is -0.481 e. The van der Waals surface area contributed by atoms with E-state index in [0.717, 1.165) is 88.0 Å². The van der Waals surface area contributed by atoms with Gasteiger partial charge >= 0.3 is 11.9 Å². The van der Waals surface area contributed by atoms with E-state index >= 15 is 0 Å². The molecule has 0 atom stereocenters. The van der Waals surface area contributed by atoms with Crippen molar-refractivity contribution in [3.63, 3.8) is 0 Å². The van der Waals surface area contributed by atoms with E-state index in [1.54, 1.807) is 24.0 Å². The SMILES string of the molecule is C.CC(=O)O.CCOC(=O)c1c(CC)nc2c(cnn2CC)c1Cl.CCOC(=O)c1c(CC)nc2c(cnn2CC)c1NC1CCOCC1.NC1CCOCC1. The molecule has 6 heterocycles. The standard InChI is InChI=1S/C18H26N4O3.C13H16ClN3O2.C5H11NO.C2H4O2.CH4/c1-4-14-15(18(23)25-6-3)16(20-12-7-9-24-10-8-12)13-11-19-22(5-2)17(13)21-14;1-4-9-10(13(18)19-6-3)11(14)8-7-15-17(5-2)12(8)16-9;6-5-1-3-7-4-2-5;1-2(3)4;/h11-12H,4-10H2,1-3H3,(H,20,21);7H,4-6H2,1-3H3;5H,1-4,6H2;1H3,(H,3,4);1H4. The molecule has 0 aliphatic carbocycles. The van der Waals surface area contributed by atoms with Crippen molar-refractivity contribution in [1.82, 2.24) is 29.5 Å². The quantitative estimate of drug-likeness (QED) is 0.147. The normalized spacial score (nSPS) is 14.2. The van der Waals surface area contributed by atoms with E-state index in [1.807, 2.05) is 39.3 Å². The number of carboxylic acids is 1. The maximum atomic E-state index is 12.7. The van der Waals surface area contributed by atoms with Crippen LogP contribution in [0, 0.1) is 0 Å². The highest BCUT2D eigenvalue weighted by Gasteiger charge is 2.26. The number of nitrogens with zero attached hydrogens (tertiary/aromatic N) is 6. The largest absolute Gasteiger partial charge is 0.481 e. The van der Waals surface area contributed by atoms with Gasteiger partial charge in [0.25, 0.3) is 5.97 Å². The van der Waals surface area contributed by atoms with Gasteiger partial charge in [0.05, 0.1) is 58.5 Å². The zero-order valence-electron chi connectivity index (χ0n) is 33.2. The van der Waals surface area contributed by atoms with Crippen molar-refractivity contribution in [3.05, 3.63) is 39.9 Å². The van der Waals surface area contributed by atoms with Crippen LogP contribution < -0.4 is 11.1 Å². The zero-order valence-corrected chi connectivity index (χ0v) is 33.9. The summed E-state index contributed by atoms with van der Waals surface area (Å²) in [4.78, 5) is 42.9. The summed E-state index contributed by atoms with van der Waals surface area (Å²) in [6.07, 6.45) is 8.59. The summed E-state index contributed by atoms with van der Waals surface area (Å²) in [7, 11) is 0.